The molecule has 2 amide bonds. The number of ether oxygens (including phenoxy) is 2. The number of urea groups is 1. The van der Waals surface area contributed by atoms with E-state index in [2.05, 4.69) is 10.3 Å². The van der Waals surface area contributed by atoms with E-state index in [1.54, 1.807) is 29.6 Å². The van der Waals surface area contributed by atoms with Gasteiger partial charge in [0.15, 0.2) is 11.5 Å². The minimum absolute atomic E-state index is 0.0711. The number of rotatable bonds is 9. The molecule has 10 heteroatoms. The summed E-state index contributed by atoms with van der Waals surface area (Å²) in [7, 11) is 3.05. The number of anilines is 1. The van der Waals surface area contributed by atoms with Gasteiger partial charge in [-0.3, -0.25) is 0 Å². The predicted molar refractivity (Wildman–Crippen MR) is 117 cm³/mol. The molecule has 0 bridgehead atoms. The van der Waals surface area contributed by atoms with Crippen LogP contribution in [0.2, 0.25) is 0 Å². The molecule has 2 aromatic carbocycles. The summed E-state index contributed by atoms with van der Waals surface area (Å²) in [5, 5.41) is 2.58. The van der Waals surface area contributed by atoms with Crippen LogP contribution in [0.1, 0.15) is 17.5 Å². The number of nitrogens with one attached hydrogen (secondary N) is 1. The molecule has 0 saturated carbocycles. The molecule has 7 nitrogen and oxygen atoms in total. The zero-order valence-electron chi connectivity index (χ0n) is 18.3. The molecule has 176 valence electrons. The van der Waals surface area contributed by atoms with Crippen molar-refractivity contribution in [1.82, 2.24) is 14.5 Å². The third-order valence-corrected chi connectivity index (χ3v) is 4.95. The Balaban J connectivity index is 1.76. The summed E-state index contributed by atoms with van der Waals surface area (Å²) >= 11 is 0. The third kappa shape index (κ3) is 6.64. The minimum atomic E-state index is -4.50. The number of aryl methyl sites for hydroxylation is 1. The van der Waals surface area contributed by atoms with Crippen molar-refractivity contribution in [2.24, 2.45) is 0 Å². The van der Waals surface area contributed by atoms with E-state index >= 15 is 0 Å². The number of carbonyl (C=O) groups is 1. The number of hydrogen-bond donors (Lipinski definition) is 1. The lowest BCUT2D eigenvalue weighted by molar-refractivity contribution is -0.137. The van der Waals surface area contributed by atoms with Gasteiger partial charge in [-0.25, -0.2) is 9.78 Å². The summed E-state index contributed by atoms with van der Waals surface area (Å²) in [5.74, 6) is 1.08. The molecule has 0 aliphatic carbocycles. The summed E-state index contributed by atoms with van der Waals surface area (Å²) in [4.78, 5) is 18.5. The van der Waals surface area contributed by atoms with E-state index in [0.29, 0.717) is 31.0 Å². The maximum atomic E-state index is 13.0. The van der Waals surface area contributed by atoms with Crippen molar-refractivity contribution in [1.29, 1.82) is 0 Å². The van der Waals surface area contributed by atoms with E-state index in [4.69, 9.17) is 9.47 Å². The number of amides is 2. The highest BCUT2D eigenvalue weighted by atomic mass is 19.4. The van der Waals surface area contributed by atoms with E-state index in [9.17, 15) is 18.0 Å². The Kier molecular flexibility index (Phi) is 7.81. The lowest BCUT2D eigenvalue weighted by Crippen LogP contribution is -2.35. The molecule has 0 unspecified atom stereocenters. The van der Waals surface area contributed by atoms with Crippen molar-refractivity contribution >= 4 is 11.7 Å². The van der Waals surface area contributed by atoms with Crippen LogP contribution in [0.4, 0.5) is 23.7 Å². The van der Waals surface area contributed by atoms with E-state index < -0.39 is 17.8 Å². The fraction of sp³-hybridized carbons (Fsp3) is 0.304. The number of imidazole rings is 1. The highest BCUT2D eigenvalue weighted by molar-refractivity contribution is 5.89. The smallest absolute Gasteiger partial charge is 0.416 e. The number of benzene rings is 2. The molecule has 0 aliphatic rings. The van der Waals surface area contributed by atoms with Gasteiger partial charge in [0.05, 0.1) is 26.1 Å². The van der Waals surface area contributed by atoms with Gasteiger partial charge in [0.1, 0.15) is 0 Å². The van der Waals surface area contributed by atoms with Crippen molar-refractivity contribution in [3.05, 3.63) is 72.3 Å². The number of nitrogens with zero attached hydrogens (tertiary/aromatic N) is 3. The van der Waals surface area contributed by atoms with Gasteiger partial charge in [-0.15, -0.1) is 0 Å². The monoisotopic (exact) mass is 462 g/mol. The Bertz CT molecular complexity index is 1060. The summed E-state index contributed by atoms with van der Waals surface area (Å²) < 4.78 is 51.6. The number of carbonyl (C=O) groups excluding carboxylic acids is 1. The molecule has 0 radical (unpaired) electrons. The second kappa shape index (κ2) is 10.8. The molecule has 3 rings (SSSR count). The molecule has 1 N–H and O–H groups in total. The first kappa shape index (κ1) is 24.0. The van der Waals surface area contributed by atoms with Crippen molar-refractivity contribution in [2.75, 3.05) is 26.1 Å². The molecule has 1 heterocycles. The number of aromatic nitrogens is 2. The molecule has 0 fully saturated rings. The molecule has 3 aromatic rings. The highest BCUT2D eigenvalue weighted by Gasteiger charge is 2.30. The van der Waals surface area contributed by atoms with Gasteiger partial charge in [0.25, 0.3) is 0 Å². The predicted octanol–water partition coefficient (Wildman–Crippen LogP) is 5.04. The van der Waals surface area contributed by atoms with Crippen molar-refractivity contribution in [3.63, 3.8) is 0 Å². The van der Waals surface area contributed by atoms with E-state index in [0.717, 1.165) is 17.7 Å². The van der Waals surface area contributed by atoms with Gasteiger partial charge in [-0.2, -0.15) is 13.2 Å². The van der Waals surface area contributed by atoms with Gasteiger partial charge in [-0.05, 0) is 42.3 Å². The first-order chi connectivity index (χ1) is 15.8. The molecule has 0 saturated heterocycles. The first-order valence-corrected chi connectivity index (χ1v) is 10.2. The third-order valence-electron chi connectivity index (χ3n) is 4.95. The van der Waals surface area contributed by atoms with Gasteiger partial charge in [0, 0.05) is 37.7 Å². The molecule has 33 heavy (non-hydrogen) atoms. The molecular formula is C23H25F3N4O3. The van der Waals surface area contributed by atoms with Gasteiger partial charge >= 0.3 is 12.2 Å². The fourth-order valence-corrected chi connectivity index (χ4v) is 3.29. The number of methoxy groups -OCH3 is 2. The van der Waals surface area contributed by atoms with Gasteiger partial charge in [0.2, 0.25) is 0 Å². The summed E-state index contributed by atoms with van der Waals surface area (Å²) in [6.07, 6.45) is 1.30. The van der Waals surface area contributed by atoms with Crippen LogP contribution in [-0.2, 0) is 19.3 Å². The Morgan fingerprint density at radius 3 is 2.58 bits per heavy atom. The SMILES string of the molecule is COc1ccc(CN(CCCn2ccnc2)C(=O)Nc2cccc(C(F)(F)F)c2)cc1OC. The maximum Gasteiger partial charge on any atom is 0.416 e. The lowest BCUT2D eigenvalue weighted by Gasteiger charge is -2.24. The molecule has 0 spiro atoms. The molecule has 0 aliphatic heterocycles. The van der Waals surface area contributed by atoms with Crippen molar-refractivity contribution < 1.29 is 27.4 Å². The zero-order valence-corrected chi connectivity index (χ0v) is 18.3. The molecular weight excluding hydrogens is 437 g/mol. The van der Waals surface area contributed by atoms with E-state index in [-0.39, 0.29) is 12.2 Å². The largest absolute Gasteiger partial charge is 0.493 e. The van der Waals surface area contributed by atoms with Gasteiger partial charge in [-0.1, -0.05) is 12.1 Å². The first-order valence-electron chi connectivity index (χ1n) is 10.2. The average Bonchev–Trinajstić information content (AvgIpc) is 3.31. The second-order valence-corrected chi connectivity index (χ2v) is 7.27. The Hall–Kier alpha value is -3.69. The van der Waals surface area contributed by atoms with Crippen LogP contribution < -0.4 is 14.8 Å². The van der Waals surface area contributed by atoms with Crippen LogP contribution in [0.3, 0.4) is 0 Å². The molecule has 1 aromatic heterocycles. The average molecular weight is 462 g/mol. The lowest BCUT2D eigenvalue weighted by atomic mass is 10.1. The standard InChI is InChI=1S/C23H25F3N4O3/c1-32-20-8-7-17(13-21(20)33-2)15-30(11-4-10-29-12-9-27-16-29)22(31)28-19-6-3-5-18(14-19)23(24,25)26/h3,5-9,12-14,16H,4,10-11,15H2,1-2H3,(H,28,31). The van der Waals surface area contributed by atoms with E-state index in [1.165, 1.54) is 26.4 Å². The second-order valence-electron chi connectivity index (χ2n) is 7.27. The van der Waals surface area contributed by atoms with Crippen molar-refractivity contribution in [2.45, 2.75) is 25.7 Å². The van der Waals surface area contributed by atoms with Crippen LogP contribution in [0, 0.1) is 0 Å². The van der Waals surface area contributed by atoms with Crippen LogP contribution in [-0.4, -0.2) is 41.2 Å². The molecule has 0 atom stereocenters. The highest BCUT2D eigenvalue weighted by Crippen LogP contribution is 2.31. The van der Waals surface area contributed by atoms with Crippen LogP contribution in [0.25, 0.3) is 0 Å². The van der Waals surface area contributed by atoms with Crippen LogP contribution >= 0.6 is 0 Å². The number of halogens is 3. The zero-order chi connectivity index (χ0) is 23.8. The number of alkyl halides is 3. The van der Waals surface area contributed by atoms with Crippen LogP contribution in [0.15, 0.2) is 61.2 Å². The number of hydrogen-bond acceptors (Lipinski definition) is 4. The van der Waals surface area contributed by atoms with Gasteiger partial charge < -0.3 is 24.3 Å². The van der Waals surface area contributed by atoms with E-state index in [1.807, 2.05) is 16.8 Å². The quantitative estimate of drug-likeness (QED) is 0.484. The van der Waals surface area contributed by atoms with Crippen LogP contribution in [0.5, 0.6) is 11.5 Å². The normalized spacial score (nSPS) is 11.2. The summed E-state index contributed by atoms with van der Waals surface area (Å²) in [6, 6.07) is 9.36. The minimum Gasteiger partial charge on any atom is -0.493 e. The summed E-state index contributed by atoms with van der Waals surface area (Å²) in [5.41, 5.74) is 0.0306. The Morgan fingerprint density at radius 1 is 1.12 bits per heavy atom. The Labute approximate surface area is 189 Å². The summed E-state index contributed by atoms with van der Waals surface area (Å²) in [6.45, 7) is 1.24. The topological polar surface area (TPSA) is 68.6 Å². The Morgan fingerprint density at radius 2 is 1.91 bits per heavy atom. The van der Waals surface area contributed by atoms with Crippen molar-refractivity contribution in [3.8, 4) is 11.5 Å². The maximum absolute atomic E-state index is 13.0. The fourth-order valence-electron chi connectivity index (χ4n) is 3.29.